The van der Waals surface area contributed by atoms with Gasteiger partial charge in [-0.15, -0.1) is 16.4 Å². The van der Waals surface area contributed by atoms with Crippen molar-refractivity contribution < 1.29 is 14.3 Å². The maximum Gasteiger partial charge on any atom is 0.337 e. The summed E-state index contributed by atoms with van der Waals surface area (Å²) in [5.41, 5.74) is 0.935. The largest absolute Gasteiger partial charge is 0.463 e. The first kappa shape index (κ1) is 17.5. The molecule has 2 amide bonds. The van der Waals surface area contributed by atoms with Gasteiger partial charge < -0.3 is 15.4 Å². The van der Waals surface area contributed by atoms with E-state index >= 15 is 0 Å². The first-order valence-electron chi connectivity index (χ1n) is 7.65. The molecule has 10 heteroatoms. The van der Waals surface area contributed by atoms with Gasteiger partial charge in [-0.2, -0.15) is 0 Å². The Labute approximate surface area is 152 Å². The number of thiophene rings is 1. The third-order valence-corrected chi connectivity index (χ3v) is 5.18. The lowest BCUT2D eigenvalue weighted by Crippen LogP contribution is -2.49. The summed E-state index contributed by atoms with van der Waals surface area (Å²) in [5.74, 6) is 0.611. The Morgan fingerprint density at radius 1 is 1.48 bits per heavy atom. The third-order valence-electron chi connectivity index (χ3n) is 3.43. The van der Waals surface area contributed by atoms with E-state index in [0.29, 0.717) is 28.0 Å². The molecule has 0 radical (unpaired) electrons. The molecule has 2 aromatic rings. The fraction of sp³-hybridized carbons (Fsp3) is 0.333. The number of aromatic amines is 1. The van der Waals surface area contributed by atoms with Crippen LogP contribution in [0.1, 0.15) is 13.8 Å². The molecular formula is C15H17N5O3S2. The molecule has 0 unspecified atom stereocenters. The summed E-state index contributed by atoms with van der Waals surface area (Å²) in [6, 6.07) is 3.13. The molecule has 1 aliphatic heterocycles. The Morgan fingerprint density at radius 3 is 3.04 bits per heavy atom. The number of nitrogens with one attached hydrogen (secondary N) is 3. The summed E-state index contributed by atoms with van der Waals surface area (Å²) in [6.07, 6.45) is 0. The third kappa shape index (κ3) is 4.02. The number of esters is 1. The molecule has 2 aromatic heterocycles. The monoisotopic (exact) mass is 379 g/mol. The van der Waals surface area contributed by atoms with Gasteiger partial charge in [0.1, 0.15) is 0 Å². The maximum absolute atomic E-state index is 12.2. The number of aromatic nitrogens is 3. The number of hydrogen-bond acceptors (Lipinski definition) is 7. The van der Waals surface area contributed by atoms with Gasteiger partial charge in [-0.3, -0.25) is 5.10 Å². The molecule has 0 aromatic carbocycles. The van der Waals surface area contributed by atoms with Crippen molar-refractivity contribution in [2.75, 3.05) is 12.4 Å². The molecule has 132 valence electrons. The number of thioether (sulfide) groups is 1. The zero-order chi connectivity index (χ0) is 17.8. The minimum absolute atomic E-state index is 0.272. The molecule has 1 atom stereocenters. The Hall–Kier alpha value is -2.33. The molecule has 0 bridgehead atoms. The van der Waals surface area contributed by atoms with Crippen molar-refractivity contribution in [3.05, 3.63) is 28.8 Å². The highest BCUT2D eigenvalue weighted by Gasteiger charge is 2.29. The number of H-pyrrole nitrogens is 1. The zero-order valence-corrected chi connectivity index (χ0v) is 15.3. The van der Waals surface area contributed by atoms with Crippen LogP contribution in [0.2, 0.25) is 0 Å². The van der Waals surface area contributed by atoms with Crippen LogP contribution in [-0.2, 0) is 9.53 Å². The van der Waals surface area contributed by atoms with E-state index in [9.17, 15) is 9.59 Å². The predicted molar refractivity (Wildman–Crippen MR) is 95.2 cm³/mol. The number of ether oxygens (including phenoxy) is 1. The van der Waals surface area contributed by atoms with Gasteiger partial charge in [-0.05, 0) is 25.3 Å². The second-order valence-electron chi connectivity index (χ2n) is 5.17. The van der Waals surface area contributed by atoms with Crippen molar-refractivity contribution in [3.8, 4) is 10.7 Å². The van der Waals surface area contributed by atoms with Crippen molar-refractivity contribution in [1.82, 2.24) is 25.8 Å². The molecule has 3 rings (SSSR count). The molecule has 1 aliphatic rings. The quantitative estimate of drug-likeness (QED) is 0.524. The molecule has 0 saturated carbocycles. The molecule has 3 N–H and O–H groups in total. The average Bonchev–Trinajstić information content (AvgIpc) is 3.23. The van der Waals surface area contributed by atoms with Gasteiger partial charge in [-0.25, -0.2) is 14.6 Å². The van der Waals surface area contributed by atoms with Gasteiger partial charge in [0.25, 0.3) is 0 Å². The van der Waals surface area contributed by atoms with E-state index in [1.165, 1.54) is 11.8 Å². The Kier molecular flexibility index (Phi) is 5.39. The van der Waals surface area contributed by atoms with E-state index in [1.807, 2.05) is 17.5 Å². The van der Waals surface area contributed by atoms with Crippen LogP contribution < -0.4 is 10.6 Å². The molecule has 25 heavy (non-hydrogen) atoms. The van der Waals surface area contributed by atoms with E-state index in [0.717, 1.165) is 4.88 Å². The number of carbonyl (C=O) groups excluding carboxylic acids is 2. The molecule has 0 fully saturated rings. The fourth-order valence-electron chi connectivity index (χ4n) is 2.36. The number of urea groups is 1. The highest BCUT2D eigenvalue weighted by molar-refractivity contribution is 7.99. The van der Waals surface area contributed by atoms with Crippen LogP contribution in [0.15, 0.2) is 33.9 Å². The van der Waals surface area contributed by atoms with E-state index in [1.54, 1.807) is 25.2 Å². The fourth-order valence-corrected chi connectivity index (χ4v) is 3.80. The van der Waals surface area contributed by atoms with Gasteiger partial charge in [-0.1, -0.05) is 17.8 Å². The lowest BCUT2D eigenvalue weighted by molar-refractivity contribution is -0.138. The smallest absolute Gasteiger partial charge is 0.337 e. The Bertz CT molecular complexity index is 800. The van der Waals surface area contributed by atoms with Crippen LogP contribution >= 0.6 is 23.1 Å². The molecule has 3 heterocycles. The molecular weight excluding hydrogens is 362 g/mol. The van der Waals surface area contributed by atoms with Crippen molar-refractivity contribution in [2.45, 2.75) is 25.0 Å². The summed E-state index contributed by atoms with van der Waals surface area (Å²) in [6.45, 7) is 3.76. The molecule has 0 aliphatic carbocycles. The standard InChI is InChI=1S/C15H17N5O3S2/c1-3-23-13(21)11-8(2)16-14(22)17-9(11)7-25-15-18-12(19-20-15)10-5-4-6-24-10/h4-6,8H,3,7H2,1-2H3,(H2,16,17,22)(H,18,19,20)/t8-/m0/s1. The van der Waals surface area contributed by atoms with Crippen LogP contribution in [0.3, 0.4) is 0 Å². The summed E-state index contributed by atoms with van der Waals surface area (Å²) in [4.78, 5) is 29.3. The number of nitrogens with zero attached hydrogens (tertiary/aromatic N) is 2. The van der Waals surface area contributed by atoms with Crippen LogP contribution in [-0.4, -0.2) is 45.6 Å². The van der Waals surface area contributed by atoms with Gasteiger partial charge in [0.2, 0.25) is 5.16 Å². The maximum atomic E-state index is 12.2. The lowest BCUT2D eigenvalue weighted by atomic mass is 10.1. The van der Waals surface area contributed by atoms with Crippen LogP contribution in [0.4, 0.5) is 4.79 Å². The minimum Gasteiger partial charge on any atom is -0.463 e. The predicted octanol–water partition coefficient (Wildman–Crippen LogP) is 2.14. The Morgan fingerprint density at radius 2 is 2.32 bits per heavy atom. The summed E-state index contributed by atoms with van der Waals surface area (Å²) >= 11 is 2.90. The van der Waals surface area contributed by atoms with E-state index in [4.69, 9.17) is 4.74 Å². The lowest BCUT2D eigenvalue weighted by Gasteiger charge is -2.26. The molecule has 0 saturated heterocycles. The van der Waals surface area contributed by atoms with Gasteiger partial charge in [0.15, 0.2) is 5.82 Å². The van der Waals surface area contributed by atoms with Crippen molar-refractivity contribution >= 4 is 35.1 Å². The highest BCUT2D eigenvalue weighted by Crippen LogP contribution is 2.25. The normalized spacial score (nSPS) is 17.2. The van der Waals surface area contributed by atoms with E-state index in [2.05, 4.69) is 25.8 Å². The number of carbonyl (C=O) groups is 2. The van der Waals surface area contributed by atoms with E-state index in [-0.39, 0.29) is 12.6 Å². The topological polar surface area (TPSA) is 109 Å². The molecule has 8 nitrogen and oxygen atoms in total. The highest BCUT2D eigenvalue weighted by atomic mass is 32.2. The Balaban J connectivity index is 1.75. The second kappa shape index (κ2) is 7.70. The number of amides is 2. The SMILES string of the molecule is CCOC(=O)C1=C(CSc2n[nH]c(-c3cccs3)n2)NC(=O)N[C@H]1C. The summed E-state index contributed by atoms with van der Waals surface area (Å²) in [5, 5.41) is 14.9. The van der Waals surface area contributed by atoms with Crippen LogP contribution in [0.25, 0.3) is 10.7 Å². The van der Waals surface area contributed by atoms with Crippen molar-refractivity contribution in [3.63, 3.8) is 0 Å². The van der Waals surface area contributed by atoms with Gasteiger partial charge in [0, 0.05) is 11.4 Å². The van der Waals surface area contributed by atoms with Gasteiger partial charge >= 0.3 is 12.0 Å². The van der Waals surface area contributed by atoms with Crippen molar-refractivity contribution in [2.24, 2.45) is 0 Å². The zero-order valence-electron chi connectivity index (χ0n) is 13.7. The summed E-state index contributed by atoms with van der Waals surface area (Å²) in [7, 11) is 0. The first-order valence-corrected chi connectivity index (χ1v) is 9.51. The number of rotatable bonds is 6. The first-order chi connectivity index (χ1) is 12.1. The minimum atomic E-state index is -0.438. The summed E-state index contributed by atoms with van der Waals surface area (Å²) < 4.78 is 5.09. The van der Waals surface area contributed by atoms with E-state index < -0.39 is 12.0 Å². The number of hydrogen-bond donors (Lipinski definition) is 3. The van der Waals surface area contributed by atoms with Crippen LogP contribution in [0, 0.1) is 0 Å². The van der Waals surface area contributed by atoms with Crippen molar-refractivity contribution in [1.29, 1.82) is 0 Å². The van der Waals surface area contributed by atoms with Crippen LogP contribution in [0.5, 0.6) is 0 Å². The van der Waals surface area contributed by atoms with Gasteiger partial charge in [0.05, 0.1) is 23.1 Å². The second-order valence-corrected chi connectivity index (χ2v) is 7.06. The molecule has 0 spiro atoms. The average molecular weight is 379 g/mol.